The SMILES string of the molecule is CCCCCC#CC(=O)O[Si](C)(C)C. The van der Waals surface area contributed by atoms with Crippen molar-refractivity contribution in [2.24, 2.45) is 0 Å². The van der Waals surface area contributed by atoms with Crippen molar-refractivity contribution in [2.75, 3.05) is 0 Å². The van der Waals surface area contributed by atoms with E-state index < -0.39 is 8.32 Å². The highest BCUT2D eigenvalue weighted by Gasteiger charge is 2.18. The first-order valence-corrected chi connectivity index (χ1v) is 8.58. The third kappa shape index (κ3) is 9.34. The minimum Gasteiger partial charge on any atom is -0.511 e. The molecule has 0 amide bonds. The highest BCUT2D eigenvalue weighted by molar-refractivity contribution is 6.71. The van der Waals surface area contributed by atoms with Gasteiger partial charge in [0.1, 0.15) is 0 Å². The quantitative estimate of drug-likeness (QED) is 0.407. The lowest BCUT2D eigenvalue weighted by Gasteiger charge is -2.14. The molecular formula is C11H20O2Si. The minimum absolute atomic E-state index is 0.360. The molecule has 14 heavy (non-hydrogen) atoms. The molecular weight excluding hydrogens is 192 g/mol. The van der Waals surface area contributed by atoms with Gasteiger partial charge in [-0.25, -0.2) is 4.79 Å². The van der Waals surface area contributed by atoms with E-state index in [-0.39, 0.29) is 5.97 Å². The van der Waals surface area contributed by atoms with Crippen LogP contribution in [-0.4, -0.2) is 14.3 Å². The zero-order chi connectivity index (χ0) is 11.0. The van der Waals surface area contributed by atoms with E-state index in [0.717, 1.165) is 12.8 Å². The summed E-state index contributed by atoms with van der Waals surface area (Å²) in [6.45, 7) is 8.07. The molecule has 0 heterocycles. The summed E-state index contributed by atoms with van der Waals surface area (Å²) in [5, 5.41) is 0. The minimum atomic E-state index is -1.75. The standard InChI is InChI=1S/C11H20O2Si/c1-5-6-7-8-9-10-11(12)13-14(2,3)4/h5-8H2,1-4H3. The molecule has 0 N–H and O–H groups in total. The van der Waals surface area contributed by atoms with Crippen molar-refractivity contribution >= 4 is 14.3 Å². The monoisotopic (exact) mass is 212 g/mol. The van der Waals surface area contributed by atoms with Crippen molar-refractivity contribution < 1.29 is 9.22 Å². The lowest BCUT2D eigenvalue weighted by atomic mass is 10.2. The number of hydrogen-bond donors (Lipinski definition) is 0. The van der Waals surface area contributed by atoms with Crippen LogP contribution >= 0.6 is 0 Å². The van der Waals surface area contributed by atoms with Gasteiger partial charge in [0, 0.05) is 12.3 Å². The molecule has 0 saturated heterocycles. The second-order valence-corrected chi connectivity index (χ2v) is 8.69. The van der Waals surface area contributed by atoms with E-state index in [0.29, 0.717) is 0 Å². The first kappa shape index (κ1) is 13.2. The van der Waals surface area contributed by atoms with E-state index in [4.69, 9.17) is 4.43 Å². The number of carbonyl (C=O) groups excluding carboxylic acids is 1. The van der Waals surface area contributed by atoms with Crippen molar-refractivity contribution in [1.82, 2.24) is 0 Å². The average Bonchev–Trinajstić information content (AvgIpc) is 2.00. The van der Waals surface area contributed by atoms with Crippen LogP contribution in [0.15, 0.2) is 0 Å². The lowest BCUT2D eigenvalue weighted by Crippen LogP contribution is -2.28. The second kappa shape index (κ2) is 6.66. The van der Waals surface area contributed by atoms with Crippen LogP contribution in [0.25, 0.3) is 0 Å². The Morgan fingerprint density at radius 2 is 1.93 bits per heavy atom. The molecule has 0 unspecified atom stereocenters. The lowest BCUT2D eigenvalue weighted by molar-refractivity contribution is -0.128. The first-order chi connectivity index (χ1) is 6.45. The summed E-state index contributed by atoms with van der Waals surface area (Å²) in [5.41, 5.74) is 0. The van der Waals surface area contributed by atoms with Crippen LogP contribution in [0.5, 0.6) is 0 Å². The van der Waals surface area contributed by atoms with Gasteiger partial charge in [0.05, 0.1) is 0 Å². The van der Waals surface area contributed by atoms with Crippen molar-refractivity contribution in [3.05, 3.63) is 0 Å². The van der Waals surface area contributed by atoms with Gasteiger partial charge in [0.2, 0.25) is 8.32 Å². The first-order valence-electron chi connectivity index (χ1n) is 5.17. The topological polar surface area (TPSA) is 26.3 Å². The van der Waals surface area contributed by atoms with Crippen LogP contribution in [0.4, 0.5) is 0 Å². The van der Waals surface area contributed by atoms with Crippen LogP contribution in [0, 0.1) is 11.8 Å². The van der Waals surface area contributed by atoms with Crippen molar-refractivity contribution in [1.29, 1.82) is 0 Å². The van der Waals surface area contributed by atoms with E-state index in [2.05, 4.69) is 18.8 Å². The predicted molar refractivity (Wildman–Crippen MR) is 61.4 cm³/mol. The van der Waals surface area contributed by atoms with Crippen molar-refractivity contribution in [2.45, 2.75) is 52.2 Å². The third-order valence-corrected chi connectivity index (χ3v) is 2.29. The maximum absolute atomic E-state index is 11.1. The molecule has 0 saturated carbocycles. The largest absolute Gasteiger partial charge is 0.511 e. The van der Waals surface area contributed by atoms with Gasteiger partial charge in [0.15, 0.2) is 0 Å². The summed E-state index contributed by atoms with van der Waals surface area (Å²) in [4.78, 5) is 11.1. The fourth-order valence-corrected chi connectivity index (χ4v) is 1.51. The molecule has 0 aromatic heterocycles. The summed E-state index contributed by atoms with van der Waals surface area (Å²) in [7, 11) is -1.75. The van der Waals surface area contributed by atoms with E-state index in [1.807, 2.05) is 19.6 Å². The van der Waals surface area contributed by atoms with E-state index >= 15 is 0 Å². The van der Waals surface area contributed by atoms with Crippen LogP contribution in [-0.2, 0) is 9.22 Å². The fraction of sp³-hybridized carbons (Fsp3) is 0.727. The highest BCUT2D eigenvalue weighted by atomic mass is 28.4. The van der Waals surface area contributed by atoms with Gasteiger partial charge in [-0.2, -0.15) is 0 Å². The molecule has 0 bridgehead atoms. The molecule has 0 aliphatic heterocycles. The smallest absolute Gasteiger partial charge is 0.370 e. The normalized spacial score (nSPS) is 10.3. The molecule has 0 aromatic carbocycles. The van der Waals surface area contributed by atoms with Crippen LogP contribution in [0.2, 0.25) is 19.6 Å². The molecule has 0 aliphatic rings. The Balaban J connectivity index is 3.71. The summed E-state index contributed by atoms with van der Waals surface area (Å²) in [5.74, 6) is 5.00. The Labute approximate surface area is 88.2 Å². The van der Waals surface area contributed by atoms with Gasteiger partial charge in [-0.05, 0) is 26.1 Å². The molecule has 0 atom stereocenters. The van der Waals surface area contributed by atoms with E-state index in [1.165, 1.54) is 12.8 Å². The van der Waals surface area contributed by atoms with Gasteiger partial charge < -0.3 is 4.43 Å². The highest BCUT2D eigenvalue weighted by Crippen LogP contribution is 2.02. The Bertz CT molecular complexity index is 230. The van der Waals surface area contributed by atoms with Gasteiger partial charge in [0.25, 0.3) is 0 Å². The van der Waals surface area contributed by atoms with Crippen LogP contribution in [0.3, 0.4) is 0 Å². The average molecular weight is 212 g/mol. The number of unbranched alkanes of at least 4 members (excludes halogenated alkanes) is 3. The Hall–Kier alpha value is -0.753. The molecule has 0 fully saturated rings. The fourth-order valence-electron chi connectivity index (χ4n) is 0.902. The molecule has 80 valence electrons. The Kier molecular flexibility index (Phi) is 6.31. The summed E-state index contributed by atoms with van der Waals surface area (Å²) < 4.78 is 5.17. The number of carbonyl (C=O) groups is 1. The number of hydrogen-bond acceptors (Lipinski definition) is 2. The Morgan fingerprint density at radius 1 is 1.29 bits per heavy atom. The van der Waals surface area contributed by atoms with E-state index in [9.17, 15) is 4.79 Å². The van der Waals surface area contributed by atoms with Crippen molar-refractivity contribution in [3.8, 4) is 11.8 Å². The zero-order valence-corrected chi connectivity index (χ0v) is 10.6. The zero-order valence-electron chi connectivity index (χ0n) is 9.64. The maximum Gasteiger partial charge on any atom is 0.370 e. The summed E-state index contributed by atoms with van der Waals surface area (Å²) in [6, 6.07) is 0. The molecule has 0 aromatic rings. The van der Waals surface area contributed by atoms with Gasteiger partial charge in [-0.3, -0.25) is 0 Å². The molecule has 0 radical (unpaired) electrons. The van der Waals surface area contributed by atoms with Gasteiger partial charge in [-0.15, -0.1) is 0 Å². The maximum atomic E-state index is 11.1. The van der Waals surface area contributed by atoms with Crippen molar-refractivity contribution in [3.63, 3.8) is 0 Å². The molecule has 2 nitrogen and oxygen atoms in total. The molecule has 0 aliphatic carbocycles. The third-order valence-electron chi connectivity index (χ3n) is 1.49. The molecule has 3 heteroatoms. The Morgan fingerprint density at radius 3 is 2.43 bits per heavy atom. The van der Waals surface area contributed by atoms with Crippen LogP contribution in [0.1, 0.15) is 32.6 Å². The number of rotatable bonds is 4. The van der Waals surface area contributed by atoms with Crippen LogP contribution < -0.4 is 0 Å². The summed E-state index contributed by atoms with van der Waals surface area (Å²) in [6.07, 6.45) is 4.23. The van der Waals surface area contributed by atoms with Gasteiger partial charge in [-0.1, -0.05) is 25.7 Å². The predicted octanol–water partition coefficient (Wildman–Crippen LogP) is 2.95. The second-order valence-electron chi connectivity index (χ2n) is 4.26. The summed E-state index contributed by atoms with van der Waals surface area (Å²) >= 11 is 0. The molecule has 0 rings (SSSR count). The van der Waals surface area contributed by atoms with E-state index in [1.54, 1.807) is 0 Å². The molecule has 0 spiro atoms. The van der Waals surface area contributed by atoms with Gasteiger partial charge >= 0.3 is 5.97 Å².